The summed E-state index contributed by atoms with van der Waals surface area (Å²) in [6, 6.07) is 25.5. The van der Waals surface area contributed by atoms with E-state index in [0.29, 0.717) is 11.3 Å². The highest BCUT2D eigenvalue weighted by molar-refractivity contribution is 6.25. The molecule has 4 aliphatic rings. The summed E-state index contributed by atoms with van der Waals surface area (Å²) in [4.78, 5) is 71.3. The summed E-state index contributed by atoms with van der Waals surface area (Å²) in [5, 5.41) is 22.7. The van der Waals surface area contributed by atoms with Crippen LogP contribution in [-0.4, -0.2) is 39.8 Å². The van der Waals surface area contributed by atoms with Gasteiger partial charge in [-0.2, -0.15) is 0 Å². The zero-order valence-electron chi connectivity index (χ0n) is 25.4. The summed E-state index contributed by atoms with van der Waals surface area (Å²) in [5.74, 6) is -6.55. The number of aromatic carboxylic acids is 1. The Morgan fingerprint density at radius 1 is 0.787 bits per heavy atom. The maximum absolute atomic E-state index is 14.7. The normalized spacial score (nSPS) is 28.3. The van der Waals surface area contributed by atoms with Gasteiger partial charge in [0.1, 0.15) is 5.75 Å². The molecule has 0 aromatic heterocycles. The standard InChI is InChI=1S/C38H30N2O7/c1-38-28(34(43)40(37(38)47)22-10-3-2-4-11-22)19-27-25(32(38)31-24-13-6-5-8-20(24)14-17-29(31)41)15-16-26-30(27)35(44)39(33(26)42)23-12-7-9-21(18-23)36(45)46/h2-15,17-18,26-28,30,32,41H,16,19H2,1H3,(H,45,46)/t26-,27+,28-,30-,32+,38+/m0/s1. The van der Waals surface area contributed by atoms with Crippen molar-refractivity contribution in [2.75, 3.05) is 9.80 Å². The van der Waals surface area contributed by atoms with Crippen molar-refractivity contribution in [1.82, 2.24) is 0 Å². The predicted octanol–water partition coefficient (Wildman–Crippen LogP) is 5.68. The number of nitrogens with zero attached hydrogens (tertiary/aromatic N) is 2. The van der Waals surface area contributed by atoms with Crippen LogP contribution in [0.4, 0.5) is 11.4 Å². The van der Waals surface area contributed by atoms with Crippen LogP contribution in [0.15, 0.2) is 103 Å². The molecule has 9 heteroatoms. The third kappa shape index (κ3) is 3.92. The van der Waals surface area contributed by atoms with Gasteiger partial charge in [-0.25, -0.2) is 9.69 Å². The summed E-state index contributed by atoms with van der Waals surface area (Å²) in [6.45, 7) is 1.79. The minimum Gasteiger partial charge on any atom is -0.508 e. The van der Waals surface area contributed by atoms with E-state index >= 15 is 0 Å². The van der Waals surface area contributed by atoms with Gasteiger partial charge >= 0.3 is 5.97 Å². The quantitative estimate of drug-likeness (QED) is 0.220. The van der Waals surface area contributed by atoms with Gasteiger partial charge in [0.15, 0.2) is 0 Å². The van der Waals surface area contributed by atoms with E-state index in [9.17, 15) is 34.2 Å². The lowest BCUT2D eigenvalue weighted by atomic mass is 9.51. The predicted molar refractivity (Wildman–Crippen MR) is 173 cm³/mol. The Bertz CT molecular complexity index is 2090. The molecule has 47 heavy (non-hydrogen) atoms. The van der Waals surface area contributed by atoms with Crippen LogP contribution >= 0.6 is 0 Å². The minimum atomic E-state index is -1.30. The molecule has 2 aliphatic heterocycles. The summed E-state index contributed by atoms with van der Waals surface area (Å²) >= 11 is 0. The van der Waals surface area contributed by atoms with Crippen LogP contribution in [0.5, 0.6) is 5.75 Å². The van der Waals surface area contributed by atoms with Crippen molar-refractivity contribution in [1.29, 1.82) is 0 Å². The van der Waals surface area contributed by atoms with Gasteiger partial charge in [-0.05, 0) is 72.9 Å². The molecule has 0 bridgehead atoms. The molecule has 1 saturated carbocycles. The van der Waals surface area contributed by atoms with E-state index in [4.69, 9.17) is 0 Å². The van der Waals surface area contributed by atoms with Gasteiger partial charge in [-0.1, -0.05) is 66.2 Å². The number of fused-ring (bicyclic) bond motifs is 5. The number of anilines is 2. The number of phenolic OH excluding ortho intramolecular Hbond substituents is 1. The van der Waals surface area contributed by atoms with E-state index in [0.717, 1.165) is 21.2 Å². The van der Waals surface area contributed by atoms with Crippen LogP contribution in [-0.2, 0) is 19.2 Å². The van der Waals surface area contributed by atoms with Crippen LogP contribution in [0, 0.1) is 29.1 Å². The topological polar surface area (TPSA) is 132 Å². The summed E-state index contributed by atoms with van der Waals surface area (Å²) in [5.41, 5.74) is 0.560. The number of benzene rings is 4. The van der Waals surface area contributed by atoms with Crippen molar-refractivity contribution < 1.29 is 34.2 Å². The molecule has 2 saturated heterocycles. The number of imide groups is 2. The molecule has 2 N–H and O–H groups in total. The number of aromatic hydroxyl groups is 1. The lowest BCUT2D eigenvalue weighted by Crippen LogP contribution is -2.49. The van der Waals surface area contributed by atoms with E-state index in [2.05, 4.69) is 0 Å². The Hall–Kier alpha value is -5.57. The fourth-order valence-electron chi connectivity index (χ4n) is 8.77. The van der Waals surface area contributed by atoms with Gasteiger partial charge in [0.2, 0.25) is 23.6 Å². The average Bonchev–Trinajstić information content (AvgIpc) is 3.45. The molecule has 4 aromatic rings. The first kappa shape index (κ1) is 28.9. The molecule has 0 spiro atoms. The molecule has 0 radical (unpaired) electrons. The molecular weight excluding hydrogens is 596 g/mol. The second-order valence-corrected chi connectivity index (χ2v) is 13.1. The zero-order chi connectivity index (χ0) is 32.8. The highest BCUT2D eigenvalue weighted by Gasteiger charge is 2.68. The summed E-state index contributed by atoms with van der Waals surface area (Å²) in [7, 11) is 0. The van der Waals surface area contributed by atoms with Crippen LogP contribution in [0.2, 0.25) is 0 Å². The van der Waals surface area contributed by atoms with Crippen molar-refractivity contribution >= 4 is 51.7 Å². The van der Waals surface area contributed by atoms with Gasteiger partial charge in [-0.3, -0.25) is 24.1 Å². The van der Waals surface area contributed by atoms with E-state index in [1.54, 1.807) is 55.5 Å². The molecular formula is C38H30N2O7. The molecule has 6 atom stereocenters. The van der Waals surface area contributed by atoms with Crippen molar-refractivity contribution in [3.05, 3.63) is 114 Å². The first-order chi connectivity index (χ1) is 22.6. The molecule has 3 fully saturated rings. The maximum atomic E-state index is 14.7. The van der Waals surface area contributed by atoms with Gasteiger partial charge < -0.3 is 10.2 Å². The number of para-hydroxylation sites is 1. The fourth-order valence-corrected chi connectivity index (χ4v) is 8.77. The van der Waals surface area contributed by atoms with Crippen LogP contribution in [0.25, 0.3) is 10.8 Å². The molecule has 2 aliphatic carbocycles. The highest BCUT2D eigenvalue weighted by atomic mass is 16.4. The lowest BCUT2D eigenvalue weighted by molar-refractivity contribution is -0.131. The highest BCUT2D eigenvalue weighted by Crippen LogP contribution is 2.65. The molecule has 0 unspecified atom stereocenters. The monoisotopic (exact) mass is 626 g/mol. The molecule has 234 valence electrons. The fraction of sp³-hybridized carbons (Fsp3) is 0.237. The van der Waals surface area contributed by atoms with Crippen LogP contribution < -0.4 is 9.80 Å². The van der Waals surface area contributed by atoms with E-state index < -0.39 is 52.8 Å². The van der Waals surface area contributed by atoms with Crippen molar-refractivity contribution in [2.45, 2.75) is 25.7 Å². The maximum Gasteiger partial charge on any atom is 0.335 e. The van der Waals surface area contributed by atoms with Crippen molar-refractivity contribution in [3.8, 4) is 5.75 Å². The number of carbonyl (C=O) groups is 5. The Morgan fingerprint density at radius 3 is 2.28 bits per heavy atom. The Balaban J connectivity index is 1.31. The number of hydrogen-bond acceptors (Lipinski definition) is 6. The first-order valence-electron chi connectivity index (χ1n) is 15.7. The Morgan fingerprint density at radius 2 is 1.51 bits per heavy atom. The largest absolute Gasteiger partial charge is 0.508 e. The van der Waals surface area contributed by atoms with Crippen LogP contribution in [0.3, 0.4) is 0 Å². The Labute approximate surface area is 269 Å². The molecule has 2 heterocycles. The smallest absolute Gasteiger partial charge is 0.335 e. The number of hydrogen-bond donors (Lipinski definition) is 2. The number of carboxylic acid groups (broad SMARTS) is 1. The number of amides is 4. The number of carbonyl (C=O) groups excluding carboxylic acids is 4. The summed E-state index contributed by atoms with van der Waals surface area (Å²) < 4.78 is 0. The number of phenols is 1. The third-order valence-electron chi connectivity index (χ3n) is 10.9. The number of allylic oxidation sites excluding steroid dienone is 2. The molecule has 8 rings (SSSR count). The number of carboxylic acids is 1. The van der Waals surface area contributed by atoms with E-state index in [1.807, 2.05) is 30.3 Å². The molecule has 9 nitrogen and oxygen atoms in total. The number of rotatable bonds is 4. The molecule has 4 aromatic carbocycles. The third-order valence-corrected chi connectivity index (χ3v) is 10.9. The van der Waals surface area contributed by atoms with Gasteiger partial charge in [0, 0.05) is 11.5 Å². The zero-order valence-corrected chi connectivity index (χ0v) is 25.4. The van der Waals surface area contributed by atoms with Gasteiger partial charge in [0.05, 0.1) is 40.1 Å². The van der Waals surface area contributed by atoms with E-state index in [1.165, 1.54) is 23.1 Å². The van der Waals surface area contributed by atoms with Gasteiger partial charge in [-0.15, -0.1) is 0 Å². The van der Waals surface area contributed by atoms with Crippen molar-refractivity contribution in [2.24, 2.45) is 29.1 Å². The SMILES string of the molecule is C[C@@]12C(=O)N(c3ccccc3)C(=O)[C@@H]1C[C@@H]1C(=CC[C@@H]3C(=O)N(c4cccc(C(=O)O)c4)C(=O)[C@@H]31)[C@@H]2c1c(O)ccc2ccccc12. The van der Waals surface area contributed by atoms with Gasteiger partial charge in [0.25, 0.3) is 0 Å². The average molecular weight is 627 g/mol. The van der Waals surface area contributed by atoms with Crippen molar-refractivity contribution in [3.63, 3.8) is 0 Å². The second kappa shape index (κ2) is 10.2. The Kier molecular flexibility index (Phi) is 6.28. The van der Waals surface area contributed by atoms with Crippen LogP contribution in [0.1, 0.15) is 41.6 Å². The summed E-state index contributed by atoms with van der Waals surface area (Å²) in [6.07, 6.45) is 2.33. The first-order valence-corrected chi connectivity index (χ1v) is 15.7. The second-order valence-electron chi connectivity index (χ2n) is 13.1. The minimum absolute atomic E-state index is 0.0169. The van der Waals surface area contributed by atoms with E-state index in [-0.39, 0.29) is 41.7 Å². The lowest BCUT2D eigenvalue weighted by Gasteiger charge is -2.49. The molecule has 4 amide bonds.